The van der Waals surface area contributed by atoms with Crippen molar-refractivity contribution in [3.63, 3.8) is 0 Å². The summed E-state index contributed by atoms with van der Waals surface area (Å²) in [6, 6.07) is -1.51. The van der Waals surface area contributed by atoms with Gasteiger partial charge in [0.05, 0.1) is 0 Å². The van der Waals surface area contributed by atoms with E-state index in [2.05, 4.69) is 5.32 Å². The molecule has 1 fully saturated rings. The second-order valence-corrected chi connectivity index (χ2v) is 4.95. The van der Waals surface area contributed by atoms with Crippen LogP contribution in [0.2, 0.25) is 0 Å². The van der Waals surface area contributed by atoms with Crippen molar-refractivity contribution in [2.75, 3.05) is 20.1 Å². The SMILES string of the molecule is C[C@@H](NC(=O)N1CCN(C)C(=O)C1(C)C)C(=O)O. The molecule has 18 heavy (non-hydrogen) atoms. The third-order valence-electron chi connectivity index (χ3n) is 3.16. The number of rotatable bonds is 2. The molecule has 0 spiro atoms. The molecule has 102 valence electrons. The van der Waals surface area contributed by atoms with Crippen molar-refractivity contribution >= 4 is 17.9 Å². The molecular formula is C11H19N3O4. The van der Waals surface area contributed by atoms with Crippen molar-refractivity contribution in [2.45, 2.75) is 32.4 Å². The van der Waals surface area contributed by atoms with Crippen LogP contribution < -0.4 is 5.32 Å². The number of carbonyl (C=O) groups excluding carboxylic acids is 2. The predicted molar refractivity (Wildman–Crippen MR) is 64.1 cm³/mol. The number of aliphatic carboxylic acids is 1. The van der Waals surface area contributed by atoms with Gasteiger partial charge >= 0.3 is 12.0 Å². The molecule has 3 amide bonds. The van der Waals surface area contributed by atoms with Crippen LogP contribution in [0.4, 0.5) is 4.79 Å². The van der Waals surface area contributed by atoms with E-state index in [9.17, 15) is 14.4 Å². The number of urea groups is 1. The first kappa shape index (κ1) is 14.3. The number of hydrogen-bond acceptors (Lipinski definition) is 3. The highest BCUT2D eigenvalue weighted by Crippen LogP contribution is 2.21. The van der Waals surface area contributed by atoms with E-state index < -0.39 is 23.6 Å². The Hall–Kier alpha value is -1.79. The Morgan fingerprint density at radius 1 is 1.39 bits per heavy atom. The molecule has 1 rings (SSSR count). The summed E-state index contributed by atoms with van der Waals surface area (Å²) in [4.78, 5) is 37.5. The van der Waals surface area contributed by atoms with Crippen molar-refractivity contribution < 1.29 is 19.5 Å². The first-order chi connectivity index (χ1) is 8.17. The van der Waals surface area contributed by atoms with Crippen LogP contribution in [0.25, 0.3) is 0 Å². The van der Waals surface area contributed by atoms with Crippen molar-refractivity contribution in [2.24, 2.45) is 0 Å². The minimum absolute atomic E-state index is 0.160. The van der Waals surface area contributed by atoms with Gasteiger partial charge in [-0.25, -0.2) is 4.79 Å². The van der Waals surface area contributed by atoms with Crippen LogP contribution in [-0.4, -0.2) is 64.5 Å². The topological polar surface area (TPSA) is 90.0 Å². The van der Waals surface area contributed by atoms with Gasteiger partial charge in [0.2, 0.25) is 5.91 Å². The van der Waals surface area contributed by atoms with Crippen LogP contribution in [-0.2, 0) is 9.59 Å². The maximum absolute atomic E-state index is 12.0. The van der Waals surface area contributed by atoms with E-state index in [1.54, 1.807) is 25.8 Å². The first-order valence-electron chi connectivity index (χ1n) is 5.74. The number of piperazine rings is 1. The fourth-order valence-electron chi connectivity index (χ4n) is 1.89. The third kappa shape index (κ3) is 2.55. The van der Waals surface area contributed by atoms with Crippen LogP contribution in [0.15, 0.2) is 0 Å². The summed E-state index contributed by atoms with van der Waals surface area (Å²) in [5.74, 6) is -1.27. The molecule has 0 bridgehead atoms. The highest BCUT2D eigenvalue weighted by atomic mass is 16.4. The second kappa shape index (κ2) is 4.83. The molecule has 1 aliphatic heterocycles. The summed E-state index contributed by atoms with van der Waals surface area (Å²) < 4.78 is 0. The molecule has 7 heteroatoms. The fourth-order valence-corrected chi connectivity index (χ4v) is 1.89. The van der Waals surface area contributed by atoms with E-state index in [4.69, 9.17) is 5.11 Å². The summed E-state index contributed by atoms with van der Waals surface area (Å²) in [6.07, 6.45) is 0. The maximum atomic E-state index is 12.0. The third-order valence-corrected chi connectivity index (χ3v) is 3.16. The molecule has 2 N–H and O–H groups in total. The molecule has 1 heterocycles. The second-order valence-electron chi connectivity index (χ2n) is 4.95. The van der Waals surface area contributed by atoms with E-state index in [0.29, 0.717) is 13.1 Å². The normalized spacial score (nSPS) is 20.6. The standard InChI is InChI=1S/C11H19N3O4/c1-7(8(15)16)12-10(18)14-6-5-13(4)9(17)11(14,2)3/h7H,5-6H2,1-4H3,(H,12,18)(H,15,16)/t7-/m1/s1. The average molecular weight is 257 g/mol. The van der Waals surface area contributed by atoms with Gasteiger partial charge in [0.25, 0.3) is 0 Å². The number of carboxylic acid groups (broad SMARTS) is 1. The number of amides is 3. The number of nitrogens with zero attached hydrogens (tertiary/aromatic N) is 2. The minimum Gasteiger partial charge on any atom is -0.480 e. The van der Waals surface area contributed by atoms with Crippen molar-refractivity contribution in [3.05, 3.63) is 0 Å². The number of hydrogen-bond donors (Lipinski definition) is 2. The van der Waals surface area contributed by atoms with E-state index in [1.807, 2.05) is 0 Å². The molecule has 0 aromatic rings. The Morgan fingerprint density at radius 2 is 1.94 bits per heavy atom. The van der Waals surface area contributed by atoms with Crippen LogP contribution in [0.3, 0.4) is 0 Å². The van der Waals surface area contributed by atoms with E-state index in [-0.39, 0.29) is 5.91 Å². The highest BCUT2D eigenvalue weighted by molar-refractivity contribution is 5.92. The van der Waals surface area contributed by atoms with Gasteiger partial charge in [-0.2, -0.15) is 0 Å². The number of carbonyl (C=O) groups is 3. The molecule has 0 saturated carbocycles. The summed E-state index contributed by atoms with van der Waals surface area (Å²) >= 11 is 0. The largest absolute Gasteiger partial charge is 0.480 e. The predicted octanol–water partition coefficient (Wildman–Crippen LogP) is -0.278. The molecule has 0 radical (unpaired) electrons. The molecule has 1 aliphatic rings. The highest BCUT2D eigenvalue weighted by Gasteiger charge is 2.43. The summed E-state index contributed by atoms with van der Waals surface area (Å²) in [6.45, 7) is 5.50. The zero-order chi connectivity index (χ0) is 14.1. The molecule has 1 saturated heterocycles. The Bertz CT molecular complexity index is 380. The van der Waals surface area contributed by atoms with Gasteiger partial charge in [0.15, 0.2) is 0 Å². The summed E-state index contributed by atoms with van der Waals surface area (Å²) in [7, 11) is 1.68. The van der Waals surface area contributed by atoms with Crippen molar-refractivity contribution in [1.82, 2.24) is 15.1 Å². The summed E-state index contributed by atoms with van der Waals surface area (Å²) in [5.41, 5.74) is -0.963. The fraction of sp³-hybridized carbons (Fsp3) is 0.727. The zero-order valence-electron chi connectivity index (χ0n) is 11.1. The molecule has 0 unspecified atom stereocenters. The summed E-state index contributed by atoms with van der Waals surface area (Å²) in [5, 5.41) is 11.1. The molecule has 1 atom stereocenters. The lowest BCUT2D eigenvalue weighted by Crippen LogP contribution is -2.66. The van der Waals surface area contributed by atoms with Crippen molar-refractivity contribution in [3.8, 4) is 0 Å². The van der Waals surface area contributed by atoms with Crippen molar-refractivity contribution in [1.29, 1.82) is 0 Å². The quantitative estimate of drug-likeness (QED) is 0.712. The Kier molecular flexibility index (Phi) is 3.83. The lowest BCUT2D eigenvalue weighted by atomic mass is 9.98. The average Bonchev–Trinajstić information content (AvgIpc) is 2.25. The number of nitrogens with one attached hydrogen (secondary N) is 1. The maximum Gasteiger partial charge on any atom is 0.325 e. The zero-order valence-corrected chi connectivity index (χ0v) is 11.1. The molecular weight excluding hydrogens is 238 g/mol. The van der Waals surface area contributed by atoms with Gasteiger partial charge in [0.1, 0.15) is 11.6 Å². The lowest BCUT2D eigenvalue weighted by molar-refractivity contribution is -0.144. The van der Waals surface area contributed by atoms with Gasteiger partial charge in [-0.05, 0) is 20.8 Å². The van der Waals surface area contributed by atoms with Gasteiger partial charge < -0.3 is 20.2 Å². The van der Waals surface area contributed by atoms with E-state index >= 15 is 0 Å². The van der Waals surface area contributed by atoms with Crippen LogP contribution in [0.1, 0.15) is 20.8 Å². The van der Waals surface area contributed by atoms with E-state index in [1.165, 1.54) is 11.8 Å². The van der Waals surface area contributed by atoms with Gasteiger partial charge in [-0.1, -0.05) is 0 Å². The number of likely N-dealkylation sites (N-methyl/N-ethyl adjacent to an activating group) is 1. The van der Waals surface area contributed by atoms with Crippen LogP contribution in [0.5, 0.6) is 0 Å². The first-order valence-corrected chi connectivity index (χ1v) is 5.74. The van der Waals surface area contributed by atoms with Crippen LogP contribution >= 0.6 is 0 Å². The Morgan fingerprint density at radius 3 is 2.44 bits per heavy atom. The van der Waals surface area contributed by atoms with Gasteiger partial charge in [-0.15, -0.1) is 0 Å². The smallest absolute Gasteiger partial charge is 0.325 e. The monoisotopic (exact) mass is 257 g/mol. The molecule has 0 aromatic carbocycles. The van der Waals surface area contributed by atoms with Crippen LogP contribution in [0, 0.1) is 0 Å². The molecule has 0 aliphatic carbocycles. The van der Waals surface area contributed by atoms with E-state index in [0.717, 1.165) is 0 Å². The molecule has 7 nitrogen and oxygen atoms in total. The Balaban J connectivity index is 2.80. The molecule has 0 aromatic heterocycles. The van der Waals surface area contributed by atoms with Gasteiger partial charge in [0, 0.05) is 20.1 Å². The van der Waals surface area contributed by atoms with Gasteiger partial charge in [-0.3, -0.25) is 9.59 Å². The lowest BCUT2D eigenvalue weighted by Gasteiger charge is -2.44. The number of carboxylic acids is 1. The minimum atomic E-state index is -1.11. The Labute approximate surface area is 106 Å².